The minimum Gasteiger partial charge on any atom is -0.384 e. The number of pyridine rings is 1. The first-order valence-corrected chi connectivity index (χ1v) is 7.48. The fraction of sp³-hybridized carbons (Fsp3) is 0.529. The largest absolute Gasteiger partial charge is 0.384 e. The van der Waals surface area contributed by atoms with Gasteiger partial charge >= 0.3 is 0 Å². The second-order valence-corrected chi connectivity index (χ2v) is 5.79. The van der Waals surface area contributed by atoms with Crippen molar-refractivity contribution in [2.24, 2.45) is 5.92 Å². The zero-order chi connectivity index (χ0) is 15.2. The van der Waals surface area contributed by atoms with Crippen LogP contribution in [0.25, 0.3) is 0 Å². The van der Waals surface area contributed by atoms with Gasteiger partial charge in [0.05, 0.1) is 11.1 Å². The number of aliphatic hydroxyl groups is 1. The smallest absolute Gasteiger partial charge is 0.255 e. The summed E-state index contributed by atoms with van der Waals surface area (Å²) in [6.45, 7) is 4.90. The van der Waals surface area contributed by atoms with Gasteiger partial charge < -0.3 is 10.0 Å². The average Bonchev–Trinajstić information content (AvgIpc) is 3.30. The van der Waals surface area contributed by atoms with E-state index in [1.807, 2.05) is 4.90 Å². The molecule has 0 spiro atoms. The Hall–Kier alpha value is -1.86. The van der Waals surface area contributed by atoms with Gasteiger partial charge in [0, 0.05) is 25.0 Å². The summed E-state index contributed by atoms with van der Waals surface area (Å²) in [5.74, 6) is 6.01. The maximum Gasteiger partial charge on any atom is 0.255 e. The van der Waals surface area contributed by atoms with E-state index in [-0.39, 0.29) is 12.5 Å². The van der Waals surface area contributed by atoms with Crippen LogP contribution in [-0.4, -0.2) is 40.1 Å². The molecule has 1 heterocycles. The number of amides is 1. The molecule has 4 heteroatoms. The van der Waals surface area contributed by atoms with E-state index in [2.05, 4.69) is 30.7 Å². The van der Waals surface area contributed by atoms with Gasteiger partial charge in [0.2, 0.25) is 0 Å². The molecular weight excluding hydrogens is 264 g/mol. The lowest BCUT2D eigenvalue weighted by molar-refractivity contribution is 0.0735. The summed E-state index contributed by atoms with van der Waals surface area (Å²) in [6.07, 6.45) is 6.39. The van der Waals surface area contributed by atoms with Crippen LogP contribution in [0.1, 0.15) is 49.0 Å². The van der Waals surface area contributed by atoms with Crippen LogP contribution in [0.15, 0.2) is 18.5 Å². The van der Waals surface area contributed by atoms with Crippen molar-refractivity contribution < 1.29 is 9.90 Å². The lowest BCUT2D eigenvalue weighted by atomic mass is 10.1. The number of aliphatic hydroxyl groups excluding tert-OH is 1. The Balaban J connectivity index is 2.20. The molecule has 1 amide bonds. The van der Waals surface area contributed by atoms with Crippen LogP contribution < -0.4 is 0 Å². The molecule has 0 saturated heterocycles. The van der Waals surface area contributed by atoms with Gasteiger partial charge in [-0.05, 0) is 31.2 Å². The van der Waals surface area contributed by atoms with Crippen LogP contribution in [0.3, 0.4) is 0 Å². The summed E-state index contributed by atoms with van der Waals surface area (Å²) in [6, 6.07) is 2.09. The Labute approximate surface area is 126 Å². The van der Waals surface area contributed by atoms with E-state index in [1.54, 1.807) is 18.5 Å². The second-order valence-electron chi connectivity index (χ2n) is 5.79. The first-order chi connectivity index (χ1) is 10.1. The summed E-state index contributed by atoms with van der Waals surface area (Å²) >= 11 is 0. The third-order valence-corrected chi connectivity index (χ3v) is 3.55. The minimum absolute atomic E-state index is 0.0304. The van der Waals surface area contributed by atoms with Crippen molar-refractivity contribution in [1.82, 2.24) is 9.88 Å². The highest BCUT2D eigenvalue weighted by molar-refractivity contribution is 5.97. The molecule has 21 heavy (non-hydrogen) atoms. The Morgan fingerprint density at radius 3 is 2.90 bits per heavy atom. The Morgan fingerprint density at radius 1 is 1.52 bits per heavy atom. The highest BCUT2D eigenvalue weighted by Gasteiger charge is 2.33. The van der Waals surface area contributed by atoms with E-state index in [9.17, 15) is 4.79 Å². The standard InChI is InChI=1S/C17H22N2O2/c1-13(2)8-10-19(15-5-6-15)17(21)16-7-9-18-12-14(16)4-3-11-20/h7,9,12-13,15,20H,5-6,8,10-11H2,1-2H3. The van der Waals surface area contributed by atoms with Crippen LogP contribution in [-0.2, 0) is 0 Å². The van der Waals surface area contributed by atoms with E-state index >= 15 is 0 Å². The van der Waals surface area contributed by atoms with Crippen LogP contribution in [0.2, 0.25) is 0 Å². The Morgan fingerprint density at radius 2 is 2.29 bits per heavy atom. The second kappa shape index (κ2) is 7.24. The molecule has 0 radical (unpaired) electrons. The molecule has 0 unspecified atom stereocenters. The van der Waals surface area contributed by atoms with Crippen LogP contribution in [0.5, 0.6) is 0 Å². The zero-order valence-electron chi connectivity index (χ0n) is 12.7. The molecule has 0 aliphatic heterocycles. The topological polar surface area (TPSA) is 53.4 Å². The van der Waals surface area contributed by atoms with Gasteiger partial charge in [-0.3, -0.25) is 9.78 Å². The lowest BCUT2D eigenvalue weighted by Gasteiger charge is -2.24. The summed E-state index contributed by atoms with van der Waals surface area (Å²) in [7, 11) is 0. The predicted octanol–water partition coefficient (Wildman–Crippen LogP) is 2.08. The van der Waals surface area contributed by atoms with Gasteiger partial charge in [0.1, 0.15) is 6.61 Å². The predicted molar refractivity (Wildman–Crippen MR) is 81.7 cm³/mol. The fourth-order valence-electron chi connectivity index (χ4n) is 2.20. The van der Waals surface area contributed by atoms with Crippen molar-refractivity contribution in [3.05, 3.63) is 29.6 Å². The summed E-state index contributed by atoms with van der Waals surface area (Å²) in [5, 5.41) is 8.82. The van der Waals surface area contributed by atoms with Gasteiger partial charge in [-0.2, -0.15) is 0 Å². The van der Waals surface area contributed by atoms with Gasteiger partial charge in [-0.1, -0.05) is 25.7 Å². The molecule has 0 atom stereocenters. The van der Waals surface area contributed by atoms with Gasteiger partial charge in [-0.15, -0.1) is 0 Å². The maximum absolute atomic E-state index is 12.8. The van der Waals surface area contributed by atoms with E-state index in [0.717, 1.165) is 25.8 Å². The van der Waals surface area contributed by atoms with E-state index in [0.29, 0.717) is 23.1 Å². The highest BCUT2D eigenvalue weighted by atomic mass is 16.2. The quantitative estimate of drug-likeness (QED) is 0.843. The summed E-state index contributed by atoms with van der Waals surface area (Å²) < 4.78 is 0. The zero-order valence-corrected chi connectivity index (χ0v) is 12.7. The first-order valence-electron chi connectivity index (χ1n) is 7.48. The molecular formula is C17H22N2O2. The van der Waals surface area contributed by atoms with Crippen molar-refractivity contribution >= 4 is 5.91 Å². The van der Waals surface area contributed by atoms with Crippen molar-refractivity contribution in [2.45, 2.75) is 39.2 Å². The minimum atomic E-state index is -0.220. The Kier molecular flexibility index (Phi) is 5.35. The summed E-state index contributed by atoms with van der Waals surface area (Å²) in [5.41, 5.74) is 1.17. The number of carbonyl (C=O) groups is 1. The molecule has 1 saturated carbocycles. The molecule has 1 N–H and O–H groups in total. The third kappa shape index (κ3) is 4.30. The van der Waals surface area contributed by atoms with Crippen LogP contribution >= 0.6 is 0 Å². The first kappa shape index (κ1) is 15.5. The number of aromatic nitrogens is 1. The average molecular weight is 286 g/mol. The van der Waals surface area contributed by atoms with Gasteiger partial charge in [0.15, 0.2) is 0 Å². The molecule has 0 aromatic carbocycles. The van der Waals surface area contributed by atoms with Gasteiger partial charge in [-0.25, -0.2) is 0 Å². The van der Waals surface area contributed by atoms with Crippen molar-refractivity contribution in [2.75, 3.05) is 13.2 Å². The number of carbonyl (C=O) groups excluding carboxylic acids is 1. The van der Waals surface area contributed by atoms with Crippen LogP contribution in [0.4, 0.5) is 0 Å². The monoisotopic (exact) mass is 286 g/mol. The van der Waals surface area contributed by atoms with E-state index in [1.165, 1.54) is 0 Å². The van der Waals surface area contributed by atoms with Crippen molar-refractivity contribution in [3.8, 4) is 11.8 Å². The fourth-order valence-corrected chi connectivity index (χ4v) is 2.20. The Bertz CT molecular complexity index is 553. The van der Waals surface area contributed by atoms with Crippen molar-refractivity contribution in [1.29, 1.82) is 0 Å². The van der Waals surface area contributed by atoms with E-state index in [4.69, 9.17) is 5.11 Å². The van der Waals surface area contributed by atoms with E-state index < -0.39 is 0 Å². The molecule has 1 aromatic heterocycles. The normalized spacial score (nSPS) is 13.7. The number of hydrogen-bond donors (Lipinski definition) is 1. The molecule has 1 aliphatic carbocycles. The number of nitrogens with zero attached hydrogens (tertiary/aromatic N) is 2. The molecule has 4 nitrogen and oxygen atoms in total. The molecule has 112 valence electrons. The SMILES string of the molecule is CC(C)CCN(C(=O)c1ccncc1C#CCO)C1CC1. The number of hydrogen-bond acceptors (Lipinski definition) is 3. The molecule has 1 aromatic rings. The van der Waals surface area contributed by atoms with Crippen molar-refractivity contribution in [3.63, 3.8) is 0 Å². The molecule has 0 bridgehead atoms. The van der Waals surface area contributed by atoms with Gasteiger partial charge in [0.25, 0.3) is 5.91 Å². The third-order valence-electron chi connectivity index (χ3n) is 3.55. The van der Waals surface area contributed by atoms with Crippen LogP contribution in [0, 0.1) is 17.8 Å². The summed E-state index contributed by atoms with van der Waals surface area (Å²) in [4.78, 5) is 18.8. The molecule has 1 fully saturated rings. The highest BCUT2D eigenvalue weighted by Crippen LogP contribution is 2.29. The number of rotatable bonds is 5. The molecule has 2 rings (SSSR count). The lowest BCUT2D eigenvalue weighted by Crippen LogP contribution is -2.35. The molecule has 1 aliphatic rings. The maximum atomic E-state index is 12.8.